The number of rotatable bonds is 4. The smallest absolute Gasteiger partial charge is 0.0641 e. The molecule has 0 unspecified atom stereocenters. The van der Waals surface area contributed by atoms with Gasteiger partial charge in [-0.15, -0.1) is 0 Å². The number of benzene rings is 1. The van der Waals surface area contributed by atoms with Crippen LogP contribution in [0.3, 0.4) is 0 Å². The molecule has 0 aliphatic heterocycles. The Balaban J connectivity index is 2.62. The number of nitriles is 1. The molecule has 80 valence electrons. The zero-order valence-electron chi connectivity index (χ0n) is 8.48. The molecule has 0 aliphatic carbocycles. The van der Waals surface area contributed by atoms with E-state index >= 15 is 0 Å². The second kappa shape index (κ2) is 5.85. The maximum atomic E-state index is 8.37. The molecule has 0 fully saturated rings. The number of hydrogen-bond acceptors (Lipinski definition) is 2. The Bertz CT molecular complexity index is 383. The van der Waals surface area contributed by atoms with E-state index in [1.54, 1.807) is 0 Å². The van der Waals surface area contributed by atoms with Crippen LogP contribution >= 0.6 is 23.2 Å². The Morgan fingerprint density at radius 3 is 2.73 bits per heavy atom. The van der Waals surface area contributed by atoms with Crippen molar-refractivity contribution in [3.05, 3.63) is 27.7 Å². The van der Waals surface area contributed by atoms with Gasteiger partial charge in [0, 0.05) is 18.0 Å². The molecule has 15 heavy (non-hydrogen) atoms. The standard InChI is InChI=1S/C11H12Cl2N2/c1-8-6-10(13)11(7-9(8)12)15-5-3-2-4-14/h6-7,15H,2-3,5H2,1H3. The Morgan fingerprint density at radius 2 is 2.07 bits per heavy atom. The van der Waals surface area contributed by atoms with Crippen LogP contribution in [-0.4, -0.2) is 6.54 Å². The number of hydrogen-bond donors (Lipinski definition) is 1. The average molecular weight is 243 g/mol. The number of nitrogens with one attached hydrogen (secondary N) is 1. The summed E-state index contributed by atoms with van der Waals surface area (Å²) in [7, 11) is 0. The van der Waals surface area contributed by atoms with Crippen LogP contribution < -0.4 is 5.32 Å². The second-order valence-corrected chi connectivity index (χ2v) is 4.08. The molecule has 4 heteroatoms. The largest absolute Gasteiger partial charge is 0.384 e. The average Bonchev–Trinajstić information content (AvgIpc) is 2.20. The van der Waals surface area contributed by atoms with Gasteiger partial charge < -0.3 is 5.32 Å². The topological polar surface area (TPSA) is 35.8 Å². The van der Waals surface area contributed by atoms with Gasteiger partial charge in [-0.2, -0.15) is 5.26 Å². The van der Waals surface area contributed by atoms with Gasteiger partial charge in [0.05, 0.1) is 16.8 Å². The third-order valence-electron chi connectivity index (χ3n) is 2.03. The lowest BCUT2D eigenvalue weighted by Gasteiger charge is -2.09. The fourth-order valence-electron chi connectivity index (χ4n) is 1.17. The fourth-order valence-corrected chi connectivity index (χ4v) is 1.62. The van der Waals surface area contributed by atoms with Gasteiger partial charge in [-0.05, 0) is 31.0 Å². The van der Waals surface area contributed by atoms with Crippen LogP contribution in [0.25, 0.3) is 0 Å². The van der Waals surface area contributed by atoms with Crippen molar-refractivity contribution < 1.29 is 0 Å². The van der Waals surface area contributed by atoms with E-state index in [1.807, 2.05) is 19.1 Å². The quantitative estimate of drug-likeness (QED) is 0.810. The lowest BCUT2D eigenvalue weighted by molar-refractivity contribution is 0.897. The third kappa shape index (κ3) is 3.62. The van der Waals surface area contributed by atoms with Crippen LogP contribution in [0.1, 0.15) is 18.4 Å². The van der Waals surface area contributed by atoms with Crippen molar-refractivity contribution in [2.45, 2.75) is 19.8 Å². The first-order valence-electron chi connectivity index (χ1n) is 4.71. The molecule has 0 saturated heterocycles. The Morgan fingerprint density at radius 1 is 1.33 bits per heavy atom. The summed E-state index contributed by atoms with van der Waals surface area (Å²) in [6.45, 7) is 2.64. The Hall–Kier alpha value is -0.910. The lowest BCUT2D eigenvalue weighted by atomic mass is 10.2. The van der Waals surface area contributed by atoms with Gasteiger partial charge in [0.15, 0.2) is 0 Å². The van der Waals surface area contributed by atoms with Crippen LogP contribution in [0, 0.1) is 18.3 Å². The monoisotopic (exact) mass is 242 g/mol. The molecule has 2 nitrogen and oxygen atoms in total. The van der Waals surface area contributed by atoms with Gasteiger partial charge >= 0.3 is 0 Å². The number of nitrogens with zero attached hydrogens (tertiary/aromatic N) is 1. The van der Waals surface area contributed by atoms with Crippen LogP contribution in [0.2, 0.25) is 10.0 Å². The predicted molar refractivity (Wildman–Crippen MR) is 64.5 cm³/mol. The van der Waals surface area contributed by atoms with Gasteiger partial charge in [0.1, 0.15) is 0 Å². The number of anilines is 1. The first kappa shape index (κ1) is 12.2. The highest BCUT2D eigenvalue weighted by Gasteiger charge is 2.03. The molecule has 0 atom stereocenters. The van der Waals surface area contributed by atoms with Crippen molar-refractivity contribution in [1.82, 2.24) is 0 Å². The van der Waals surface area contributed by atoms with E-state index in [0.717, 1.165) is 24.2 Å². The Labute approximate surface area is 99.8 Å². The molecular formula is C11H12Cl2N2. The first-order chi connectivity index (χ1) is 7.15. The highest BCUT2D eigenvalue weighted by atomic mass is 35.5. The summed E-state index contributed by atoms with van der Waals surface area (Å²) in [5, 5.41) is 12.9. The van der Waals surface area contributed by atoms with E-state index in [1.165, 1.54) is 0 Å². The summed E-state index contributed by atoms with van der Waals surface area (Å²) < 4.78 is 0. The number of aryl methyl sites for hydroxylation is 1. The maximum absolute atomic E-state index is 8.37. The minimum atomic E-state index is 0.546. The van der Waals surface area contributed by atoms with E-state index in [-0.39, 0.29) is 0 Å². The van der Waals surface area contributed by atoms with Crippen molar-refractivity contribution in [1.29, 1.82) is 5.26 Å². The molecule has 0 aliphatic rings. The minimum Gasteiger partial charge on any atom is -0.384 e. The number of halogens is 2. The zero-order valence-corrected chi connectivity index (χ0v) is 9.99. The SMILES string of the molecule is Cc1cc(Cl)c(NCCCC#N)cc1Cl. The highest BCUT2D eigenvalue weighted by molar-refractivity contribution is 6.35. The van der Waals surface area contributed by atoms with Crippen molar-refractivity contribution in [3.63, 3.8) is 0 Å². The van der Waals surface area contributed by atoms with Crippen LogP contribution in [0.5, 0.6) is 0 Å². The van der Waals surface area contributed by atoms with Crippen molar-refractivity contribution in [2.24, 2.45) is 0 Å². The molecular weight excluding hydrogens is 231 g/mol. The Kier molecular flexibility index (Phi) is 4.74. The molecule has 0 bridgehead atoms. The molecule has 1 aromatic carbocycles. The normalized spacial score (nSPS) is 9.73. The zero-order chi connectivity index (χ0) is 11.3. The molecule has 1 rings (SSSR count). The van der Waals surface area contributed by atoms with E-state index in [9.17, 15) is 0 Å². The predicted octanol–water partition coefficient (Wildman–Crippen LogP) is 4.02. The lowest BCUT2D eigenvalue weighted by Crippen LogP contribution is -2.01. The molecule has 0 aromatic heterocycles. The van der Waals surface area contributed by atoms with E-state index in [4.69, 9.17) is 28.5 Å². The molecule has 0 spiro atoms. The molecule has 0 saturated carbocycles. The van der Waals surface area contributed by atoms with Crippen molar-refractivity contribution in [3.8, 4) is 6.07 Å². The van der Waals surface area contributed by atoms with E-state index in [2.05, 4.69) is 11.4 Å². The maximum Gasteiger partial charge on any atom is 0.0641 e. The molecule has 0 amide bonds. The van der Waals surface area contributed by atoms with Gasteiger partial charge in [-0.25, -0.2) is 0 Å². The van der Waals surface area contributed by atoms with Crippen LogP contribution in [-0.2, 0) is 0 Å². The van der Waals surface area contributed by atoms with Crippen molar-refractivity contribution >= 4 is 28.9 Å². The summed E-state index contributed by atoms with van der Waals surface area (Å²) >= 11 is 12.0. The van der Waals surface area contributed by atoms with Gasteiger partial charge in [-0.1, -0.05) is 23.2 Å². The summed E-state index contributed by atoms with van der Waals surface area (Å²) in [5.41, 5.74) is 1.79. The van der Waals surface area contributed by atoms with Crippen LogP contribution in [0.4, 0.5) is 5.69 Å². The van der Waals surface area contributed by atoms with Crippen molar-refractivity contribution in [2.75, 3.05) is 11.9 Å². The molecule has 1 aromatic rings. The minimum absolute atomic E-state index is 0.546. The molecule has 0 radical (unpaired) electrons. The fraction of sp³-hybridized carbons (Fsp3) is 0.364. The number of unbranched alkanes of at least 4 members (excludes halogenated alkanes) is 1. The van der Waals surface area contributed by atoms with E-state index in [0.29, 0.717) is 16.5 Å². The highest BCUT2D eigenvalue weighted by Crippen LogP contribution is 2.28. The van der Waals surface area contributed by atoms with Crippen LogP contribution in [0.15, 0.2) is 12.1 Å². The van der Waals surface area contributed by atoms with Gasteiger partial charge in [0.25, 0.3) is 0 Å². The van der Waals surface area contributed by atoms with Gasteiger partial charge in [0.2, 0.25) is 0 Å². The summed E-state index contributed by atoms with van der Waals surface area (Å²) in [6, 6.07) is 5.73. The second-order valence-electron chi connectivity index (χ2n) is 3.27. The molecule has 0 heterocycles. The summed E-state index contributed by atoms with van der Waals surface area (Å²) in [6.07, 6.45) is 1.35. The summed E-state index contributed by atoms with van der Waals surface area (Å²) in [5.74, 6) is 0. The summed E-state index contributed by atoms with van der Waals surface area (Å²) in [4.78, 5) is 0. The molecule has 1 N–H and O–H groups in total. The van der Waals surface area contributed by atoms with Gasteiger partial charge in [-0.3, -0.25) is 0 Å². The first-order valence-corrected chi connectivity index (χ1v) is 5.47. The van der Waals surface area contributed by atoms with E-state index < -0.39 is 0 Å². The third-order valence-corrected chi connectivity index (χ3v) is 2.75.